The smallest absolute Gasteiger partial charge is 0.231 e. The second-order valence-electron chi connectivity index (χ2n) is 6.83. The van der Waals surface area contributed by atoms with Gasteiger partial charge in [0.25, 0.3) is 0 Å². The summed E-state index contributed by atoms with van der Waals surface area (Å²) in [5, 5.41) is 6.62. The monoisotopic (exact) mass is 524 g/mol. The summed E-state index contributed by atoms with van der Waals surface area (Å²) >= 11 is 0. The molecule has 1 unspecified atom stereocenters. The van der Waals surface area contributed by atoms with Gasteiger partial charge >= 0.3 is 0 Å². The number of hydrogen-bond donors (Lipinski definition) is 2. The Hall–Kier alpha value is -2.69. The minimum absolute atomic E-state index is 0. The topological polar surface area (TPSA) is 84.4 Å². The number of carbonyl (C=O) groups excluding carboxylic acids is 1. The maximum absolute atomic E-state index is 12.5. The van der Waals surface area contributed by atoms with Crippen molar-refractivity contribution in [2.75, 3.05) is 32.4 Å². The summed E-state index contributed by atoms with van der Waals surface area (Å²) in [5.41, 5.74) is 1.82. The molecule has 2 heterocycles. The van der Waals surface area contributed by atoms with Gasteiger partial charge in [0.1, 0.15) is 5.75 Å². The summed E-state index contributed by atoms with van der Waals surface area (Å²) in [4.78, 5) is 18.6. The van der Waals surface area contributed by atoms with E-state index in [1.54, 1.807) is 19.1 Å². The van der Waals surface area contributed by atoms with Gasteiger partial charge < -0.3 is 29.7 Å². The maximum atomic E-state index is 12.5. The predicted molar refractivity (Wildman–Crippen MR) is 125 cm³/mol. The highest BCUT2D eigenvalue weighted by molar-refractivity contribution is 14.0. The zero-order valence-corrected chi connectivity index (χ0v) is 19.2. The van der Waals surface area contributed by atoms with Gasteiger partial charge in [-0.05, 0) is 18.2 Å². The van der Waals surface area contributed by atoms with Crippen LogP contribution in [0.3, 0.4) is 0 Å². The number of methoxy groups -OCH3 is 1. The molecule has 0 aromatic heterocycles. The average Bonchev–Trinajstić information content (AvgIpc) is 3.37. The van der Waals surface area contributed by atoms with E-state index in [0.29, 0.717) is 25.5 Å². The van der Waals surface area contributed by atoms with E-state index in [1.165, 1.54) is 0 Å². The van der Waals surface area contributed by atoms with Gasteiger partial charge in [0.15, 0.2) is 17.5 Å². The maximum Gasteiger partial charge on any atom is 0.231 e. The third kappa shape index (κ3) is 4.72. The first kappa shape index (κ1) is 22.0. The summed E-state index contributed by atoms with van der Waals surface area (Å²) in [5.74, 6) is 2.94. The number of hydrogen-bond acceptors (Lipinski definition) is 5. The van der Waals surface area contributed by atoms with E-state index >= 15 is 0 Å². The van der Waals surface area contributed by atoms with Gasteiger partial charge in [0.2, 0.25) is 12.7 Å². The number of halogens is 1. The Morgan fingerprint density at radius 1 is 1.27 bits per heavy atom. The quantitative estimate of drug-likeness (QED) is 0.356. The van der Waals surface area contributed by atoms with E-state index in [0.717, 1.165) is 28.5 Å². The van der Waals surface area contributed by atoms with Crippen LogP contribution in [0, 0.1) is 0 Å². The van der Waals surface area contributed by atoms with Crippen molar-refractivity contribution >= 4 is 41.5 Å². The Bertz CT molecular complexity index is 937. The molecule has 4 rings (SSSR count). The summed E-state index contributed by atoms with van der Waals surface area (Å²) in [6.45, 7) is 1.33. The minimum atomic E-state index is -0.0408. The van der Waals surface area contributed by atoms with Crippen molar-refractivity contribution in [3.05, 3.63) is 48.0 Å². The molecule has 2 N–H and O–H groups in total. The molecule has 2 aromatic carbocycles. The van der Waals surface area contributed by atoms with Crippen LogP contribution in [0.1, 0.15) is 12.0 Å². The van der Waals surface area contributed by atoms with Crippen LogP contribution in [0.5, 0.6) is 17.2 Å². The predicted octanol–water partition coefficient (Wildman–Crippen LogP) is 2.51. The number of fused-ring (bicyclic) bond motifs is 1. The van der Waals surface area contributed by atoms with Crippen LogP contribution >= 0.6 is 24.0 Å². The minimum Gasteiger partial charge on any atom is -0.497 e. The van der Waals surface area contributed by atoms with Gasteiger partial charge in [-0.1, -0.05) is 18.2 Å². The third-order valence-electron chi connectivity index (χ3n) is 4.98. The number of anilines is 1. The largest absolute Gasteiger partial charge is 0.497 e. The molecular formula is C21H25IN4O4. The first-order chi connectivity index (χ1) is 14.2. The number of nitrogens with one attached hydrogen (secondary N) is 2. The molecule has 8 nitrogen and oxygen atoms in total. The van der Waals surface area contributed by atoms with Crippen molar-refractivity contribution in [3.8, 4) is 17.2 Å². The molecule has 2 aliphatic heterocycles. The normalized spacial score (nSPS) is 17.5. The van der Waals surface area contributed by atoms with Crippen molar-refractivity contribution in [2.24, 2.45) is 4.99 Å². The Morgan fingerprint density at radius 2 is 2.10 bits per heavy atom. The molecule has 0 bridgehead atoms. The number of benzene rings is 2. The van der Waals surface area contributed by atoms with E-state index < -0.39 is 0 Å². The van der Waals surface area contributed by atoms with Crippen LogP contribution in [-0.4, -0.2) is 45.4 Å². The third-order valence-corrected chi connectivity index (χ3v) is 4.98. The van der Waals surface area contributed by atoms with E-state index in [1.807, 2.05) is 42.5 Å². The summed E-state index contributed by atoms with van der Waals surface area (Å²) in [7, 11) is 3.32. The van der Waals surface area contributed by atoms with Gasteiger partial charge in [-0.2, -0.15) is 0 Å². The van der Waals surface area contributed by atoms with Crippen molar-refractivity contribution < 1.29 is 19.0 Å². The van der Waals surface area contributed by atoms with Crippen molar-refractivity contribution in [1.82, 2.24) is 10.6 Å². The van der Waals surface area contributed by atoms with E-state index in [9.17, 15) is 4.79 Å². The van der Waals surface area contributed by atoms with Gasteiger partial charge in [-0.25, -0.2) is 0 Å². The van der Waals surface area contributed by atoms with Crippen LogP contribution in [0.4, 0.5) is 5.69 Å². The molecule has 9 heteroatoms. The number of para-hydroxylation sites is 1. The first-order valence-corrected chi connectivity index (χ1v) is 9.47. The Kier molecular flexibility index (Phi) is 7.24. The van der Waals surface area contributed by atoms with Crippen molar-refractivity contribution in [1.29, 1.82) is 0 Å². The molecule has 30 heavy (non-hydrogen) atoms. The fourth-order valence-electron chi connectivity index (χ4n) is 3.53. The molecule has 0 saturated carbocycles. The average molecular weight is 524 g/mol. The van der Waals surface area contributed by atoms with Crippen LogP contribution in [-0.2, 0) is 11.3 Å². The SMILES string of the molecule is CN=C(NCc1cccc2c1OCO2)NC1CC(=O)N(c2cccc(OC)c2)C1.I. The number of carbonyl (C=O) groups is 1. The zero-order chi connectivity index (χ0) is 20.2. The molecule has 0 radical (unpaired) electrons. The lowest BCUT2D eigenvalue weighted by Gasteiger charge is -2.19. The second-order valence-corrected chi connectivity index (χ2v) is 6.83. The highest BCUT2D eigenvalue weighted by atomic mass is 127. The van der Waals surface area contributed by atoms with E-state index in [4.69, 9.17) is 14.2 Å². The molecule has 1 amide bonds. The first-order valence-electron chi connectivity index (χ1n) is 9.47. The lowest BCUT2D eigenvalue weighted by Crippen LogP contribution is -2.44. The Balaban J connectivity index is 0.00000256. The zero-order valence-electron chi connectivity index (χ0n) is 16.9. The second kappa shape index (κ2) is 9.88. The molecule has 0 aliphatic carbocycles. The Labute approximate surface area is 192 Å². The molecule has 160 valence electrons. The Morgan fingerprint density at radius 3 is 2.90 bits per heavy atom. The van der Waals surface area contributed by atoms with E-state index in [2.05, 4.69) is 15.6 Å². The van der Waals surface area contributed by atoms with Crippen LogP contribution in [0.15, 0.2) is 47.5 Å². The summed E-state index contributed by atoms with van der Waals surface area (Å²) in [6.07, 6.45) is 0.398. The lowest BCUT2D eigenvalue weighted by molar-refractivity contribution is -0.117. The fraction of sp³-hybridized carbons (Fsp3) is 0.333. The molecular weight excluding hydrogens is 499 g/mol. The van der Waals surface area contributed by atoms with Crippen molar-refractivity contribution in [3.63, 3.8) is 0 Å². The highest BCUT2D eigenvalue weighted by Crippen LogP contribution is 2.35. The van der Waals surface area contributed by atoms with Gasteiger partial charge in [0, 0.05) is 43.9 Å². The molecule has 2 aliphatic rings. The molecule has 2 aromatic rings. The number of nitrogens with zero attached hydrogens (tertiary/aromatic N) is 2. The number of amides is 1. The lowest BCUT2D eigenvalue weighted by atomic mass is 10.2. The van der Waals surface area contributed by atoms with Gasteiger partial charge in [0.05, 0.1) is 13.2 Å². The number of guanidine groups is 1. The highest BCUT2D eigenvalue weighted by Gasteiger charge is 2.31. The molecule has 0 spiro atoms. The van der Waals surface area contributed by atoms with Gasteiger partial charge in [-0.3, -0.25) is 9.79 Å². The van der Waals surface area contributed by atoms with Crippen LogP contribution in [0.25, 0.3) is 0 Å². The molecule has 1 saturated heterocycles. The summed E-state index contributed by atoms with van der Waals surface area (Å²) < 4.78 is 16.2. The standard InChI is InChI=1S/C21H24N4O4.HI/c1-22-21(23-11-14-5-3-8-18-20(14)29-13-28-18)24-15-9-19(26)25(12-15)16-6-4-7-17(10-16)27-2;/h3-8,10,15H,9,11-13H2,1-2H3,(H2,22,23,24);1H. The van der Waals surface area contributed by atoms with Crippen LogP contribution in [0.2, 0.25) is 0 Å². The number of aliphatic imine (C=N–C) groups is 1. The van der Waals surface area contributed by atoms with Gasteiger partial charge in [-0.15, -0.1) is 24.0 Å². The molecule has 1 atom stereocenters. The summed E-state index contributed by atoms with van der Waals surface area (Å²) in [6, 6.07) is 13.3. The van der Waals surface area contributed by atoms with E-state index in [-0.39, 0.29) is 42.7 Å². The van der Waals surface area contributed by atoms with Crippen LogP contribution < -0.4 is 29.7 Å². The molecule has 1 fully saturated rings. The number of ether oxygens (including phenoxy) is 3. The van der Waals surface area contributed by atoms with Crippen molar-refractivity contribution in [2.45, 2.75) is 19.0 Å². The fourth-order valence-corrected chi connectivity index (χ4v) is 3.53. The number of rotatable bonds is 5.